The maximum absolute atomic E-state index is 15.3. The number of aromatic nitrogens is 2. The Bertz CT molecular complexity index is 1070. The molecule has 0 bridgehead atoms. The molecule has 0 aliphatic heterocycles. The Kier molecular flexibility index (Phi) is 4.67. The van der Waals surface area contributed by atoms with Crippen molar-refractivity contribution in [3.63, 3.8) is 0 Å². The van der Waals surface area contributed by atoms with Gasteiger partial charge in [-0.3, -0.25) is 0 Å². The van der Waals surface area contributed by atoms with E-state index in [1.54, 1.807) is 30.3 Å². The van der Waals surface area contributed by atoms with E-state index in [9.17, 15) is 10.4 Å². The molecule has 7 heteroatoms. The Hall–Kier alpha value is -2.39. The lowest BCUT2D eigenvalue weighted by Crippen LogP contribution is -2.43. The van der Waals surface area contributed by atoms with Crippen LogP contribution in [0.25, 0.3) is 11.1 Å². The highest BCUT2D eigenvalue weighted by molar-refractivity contribution is 6.32. The number of rotatable bonds is 5. The van der Waals surface area contributed by atoms with E-state index >= 15 is 4.39 Å². The minimum absolute atomic E-state index is 0.146. The van der Waals surface area contributed by atoms with Gasteiger partial charge in [-0.25, -0.2) is 9.37 Å². The van der Waals surface area contributed by atoms with Gasteiger partial charge in [0.1, 0.15) is 23.0 Å². The summed E-state index contributed by atoms with van der Waals surface area (Å²) in [5.41, 5.74) is -1.38. The van der Waals surface area contributed by atoms with Crippen LogP contribution in [0.1, 0.15) is 24.1 Å². The summed E-state index contributed by atoms with van der Waals surface area (Å²) in [4.78, 5) is 3.92. The fourth-order valence-electron chi connectivity index (χ4n) is 3.45. The molecule has 1 aliphatic carbocycles. The summed E-state index contributed by atoms with van der Waals surface area (Å²) < 4.78 is 16.7. The number of nitriles is 1. The predicted octanol–water partition coefficient (Wildman–Crippen LogP) is 5.12. The zero-order chi connectivity index (χ0) is 19.9. The number of benzene rings is 2. The van der Waals surface area contributed by atoms with Crippen molar-refractivity contribution in [3.8, 4) is 17.2 Å². The van der Waals surface area contributed by atoms with Crippen molar-refractivity contribution >= 4 is 23.2 Å². The fraction of sp³-hybridized carbons (Fsp3) is 0.238. The lowest BCUT2D eigenvalue weighted by atomic mass is 9.85. The first-order chi connectivity index (χ1) is 13.4. The molecule has 4 rings (SSSR count). The third kappa shape index (κ3) is 3.18. The van der Waals surface area contributed by atoms with Gasteiger partial charge in [-0.2, -0.15) is 5.26 Å². The molecule has 0 saturated heterocycles. The van der Waals surface area contributed by atoms with Crippen LogP contribution in [0.4, 0.5) is 4.39 Å². The number of hydrogen-bond donors (Lipinski definition) is 1. The van der Waals surface area contributed by atoms with Crippen LogP contribution in [0.3, 0.4) is 0 Å². The van der Waals surface area contributed by atoms with E-state index in [0.29, 0.717) is 10.6 Å². The molecule has 1 aromatic heterocycles. The quantitative estimate of drug-likeness (QED) is 0.628. The van der Waals surface area contributed by atoms with Gasteiger partial charge < -0.3 is 9.67 Å². The largest absolute Gasteiger partial charge is 0.380 e. The van der Waals surface area contributed by atoms with Gasteiger partial charge in [0.05, 0.1) is 19.1 Å². The Labute approximate surface area is 171 Å². The molecule has 1 fully saturated rings. The minimum atomic E-state index is -1.87. The van der Waals surface area contributed by atoms with Gasteiger partial charge in [0.15, 0.2) is 0 Å². The predicted molar refractivity (Wildman–Crippen MR) is 106 cm³/mol. The first-order valence-electron chi connectivity index (χ1n) is 8.74. The summed E-state index contributed by atoms with van der Waals surface area (Å²) in [5, 5.41) is 21.5. The van der Waals surface area contributed by atoms with Crippen molar-refractivity contribution in [2.45, 2.75) is 30.7 Å². The number of nitrogens with zero attached hydrogens (tertiary/aromatic N) is 3. The molecule has 1 heterocycles. The lowest BCUT2D eigenvalue weighted by Gasteiger charge is -2.33. The molecule has 0 radical (unpaired) electrons. The monoisotopic (exact) mass is 415 g/mol. The van der Waals surface area contributed by atoms with E-state index < -0.39 is 11.3 Å². The topological polar surface area (TPSA) is 61.8 Å². The van der Waals surface area contributed by atoms with E-state index in [-0.39, 0.29) is 30.1 Å². The van der Waals surface area contributed by atoms with Gasteiger partial charge in [0, 0.05) is 15.6 Å². The summed E-state index contributed by atoms with van der Waals surface area (Å²) >= 11 is 12.4. The second-order valence-electron chi connectivity index (χ2n) is 7.05. The van der Waals surface area contributed by atoms with Crippen LogP contribution in [-0.2, 0) is 12.1 Å². The Morgan fingerprint density at radius 1 is 1.18 bits per heavy atom. The van der Waals surface area contributed by atoms with Crippen LogP contribution >= 0.6 is 23.2 Å². The summed E-state index contributed by atoms with van der Waals surface area (Å²) in [6.07, 6.45) is 3.25. The minimum Gasteiger partial charge on any atom is -0.380 e. The van der Waals surface area contributed by atoms with Gasteiger partial charge in [-0.15, -0.1) is 0 Å². The van der Waals surface area contributed by atoms with Crippen molar-refractivity contribution in [2.75, 3.05) is 0 Å². The standard InChI is InChI=1S/C21H16Cl2FN3O/c22-16-4-1-14(2-5-16)15-3-6-18(19(23)9-15)21(28,20(24)7-8-20)12-27-13-26-11-17(27)10-25/h1-6,9,11,13,28H,7-8,12H2. The normalized spacial score (nSPS) is 17.0. The van der Waals surface area contributed by atoms with E-state index in [1.165, 1.54) is 17.1 Å². The number of imidazole rings is 1. The zero-order valence-electron chi connectivity index (χ0n) is 14.7. The number of hydrogen-bond acceptors (Lipinski definition) is 3. The van der Waals surface area contributed by atoms with E-state index in [2.05, 4.69) is 4.98 Å². The van der Waals surface area contributed by atoms with Gasteiger partial charge in [-0.05, 0) is 42.2 Å². The second-order valence-corrected chi connectivity index (χ2v) is 7.89. The average Bonchev–Trinajstić information content (AvgIpc) is 3.29. The molecule has 28 heavy (non-hydrogen) atoms. The highest BCUT2D eigenvalue weighted by atomic mass is 35.5. The van der Waals surface area contributed by atoms with Crippen molar-refractivity contribution in [1.82, 2.24) is 9.55 Å². The maximum Gasteiger partial charge on any atom is 0.145 e. The Morgan fingerprint density at radius 2 is 1.86 bits per heavy atom. The van der Waals surface area contributed by atoms with E-state index in [0.717, 1.165) is 11.1 Å². The van der Waals surface area contributed by atoms with Crippen molar-refractivity contribution in [3.05, 3.63) is 76.3 Å². The second kappa shape index (κ2) is 6.89. The summed E-state index contributed by atoms with van der Waals surface area (Å²) in [6, 6.07) is 14.4. The SMILES string of the molecule is N#Cc1cncn1CC(O)(c1ccc(-c2ccc(Cl)cc2)cc1Cl)C1(F)CC1. The number of alkyl halides is 1. The van der Waals surface area contributed by atoms with Crippen LogP contribution in [-0.4, -0.2) is 20.3 Å². The molecule has 4 nitrogen and oxygen atoms in total. The van der Waals surface area contributed by atoms with Crippen LogP contribution in [0, 0.1) is 11.3 Å². The lowest BCUT2D eigenvalue weighted by molar-refractivity contribution is -0.0697. The van der Waals surface area contributed by atoms with Gasteiger partial charge >= 0.3 is 0 Å². The van der Waals surface area contributed by atoms with Gasteiger partial charge in [0.25, 0.3) is 0 Å². The number of halogens is 3. The molecule has 1 N–H and O–H groups in total. The van der Waals surface area contributed by atoms with Crippen LogP contribution in [0.2, 0.25) is 10.0 Å². The summed E-state index contributed by atoms with van der Waals surface area (Å²) in [6.45, 7) is -0.146. The fourth-order valence-corrected chi connectivity index (χ4v) is 3.91. The van der Waals surface area contributed by atoms with Crippen LogP contribution in [0.5, 0.6) is 0 Å². The Balaban J connectivity index is 1.75. The Morgan fingerprint density at radius 3 is 2.46 bits per heavy atom. The highest BCUT2D eigenvalue weighted by Gasteiger charge is 2.61. The van der Waals surface area contributed by atoms with E-state index in [1.807, 2.05) is 18.2 Å². The smallest absolute Gasteiger partial charge is 0.145 e. The van der Waals surface area contributed by atoms with Crippen LogP contribution in [0.15, 0.2) is 55.0 Å². The molecule has 1 unspecified atom stereocenters. The highest BCUT2D eigenvalue weighted by Crippen LogP contribution is 2.55. The average molecular weight is 416 g/mol. The molecule has 3 aromatic rings. The maximum atomic E-state index is 15.3. The van der Waals surface area contributed by atoms with Crippen molar-refractivity contribution < 1.29 is 9.50 Å². The summed E-state index contributed by atoms with van der Waals surface area (Å²) in [7, 11) is 0. The van der Waals surface area contributed by atoms with Gasteiger partial charge in [0.2, 0.25) is 0 Å². The van der Waals surface area contributed by atoms with Crippen LogP contribution < -0.4 is 0 Å². The molecule has 1 saturated carbocycles. The molecule has 2 aromatic carbocycles. The summed E-state index contributed by atoms with van der Waals surface area (Å²) in [5.74, 6) is 0. The molecule has 1 aliphatic rings. The molecule has 0 amide bonds. The van der Waals surface area contributed by atoms with Crippen molar-refractivity contribution in [2.24, 2.45) is 0 Å². The molecular weight excluding hydrogens is 400 g/mol. The molecule has 142 valence electrons. The first kappa shape index (κ1) is 18.9. The van der Waals surface area contributed by atoms with Crippen molar-refractivity contribution in [1.29, 1.82) is 5.26 Å². The zero-order valence-corrected chi connectivity index (χ0v) is 16.3. The molecule has 0 spiro atoms. The van der Waals surface area contributed by atoms with E-state index in [4.69, 9.17) is 23.2 Å². The molecular formula is C21H16Cl2FN3O. The third-order valence-electron chi connectivity index (χ3n) is 5.25. The third-order valence-corrected chi connectivity index (χ3v) is 5.81. The molecule has 1 atom stereocenters. The van der Waals surface area contributed by atoms with Gasteiger partial charge in [-0.1, -0.05) is 47.5 Å². The first-order valence-corrected chi connectivity index (χ1v) is 9.49. The number of aliphatic hydroxyl groups is 1.